The summed E-state index contributed by atoms with van der Waals surface area (Å²) in [6.45, 7) is 0. The normalized spacial score (nSPS) is 12.2. The molecule has 0 atom stereocenters. The number of non-ortho nitro benzene ring substituents is 1. The molecular weight excluding hydrogens is 213 g/mol. The van der Waals surface area contributed by atoms with Crippen LogP contribution in [0, 0.1) is 10.1 Å². The number of rotatable bonds is 3. The Bertz CT molecular complexity index is 331. The number of nitrogens with zero attached hydrogens (tertiary/aromatic N) is 1. The second kappa shape index (κ2) is 3.85. The summed E-state index contributed by atoms with van der Waals surface area (Å²) in [6.07, 6.45) is 0. The first kappa shape index (κ1) is 10.8. The van der Waals surface area contributed by atoms with Gasteiger partial charge in [0.1, 0.15) is 0 Å². The molecule has 0 amide bonds. The molecule has 0 aliphatic rings. The second-order valence-corrected chi connectivity index (χ2v) is 3.78. The van der Waals surface area contributed by atoms with E-state index in [-0.39, 0.29) is 11.4 Å². The van der Waals surface area contributed by atoms with Crippen LogP contribution in [0.4, 0.5) is 5.69 Å². The van der Waals surface area contributed by atoms with Crippen molar-refractivity contribution in [3.8, 4) is 5.75 Å². The van der Waals surface area contributed by atoms with Crippen molar-refractivity contribution in [2.75, 3.05) is 0 Å². The van der Waals surface area contributed by atoms with Gasteiger partial charge in [0.15, 0.2) is 0 Å². The zero-order valence-electron chi connectivity index (χ0n) is 6.82. The minimum absolute atomic E-state index is 0.0465. The van der Waals surface area contributed by atoms with E-state index in [0.717, 1.165) is 24.3 Å². The van der Waals surface area contributed by atoms with E-state index in [0.29, 0.717) is 0 Å². The quantitative estimate of drug-likeness (QED) is 0.385. The Morgan fingerprint density at radius 1 is 1.21 bits per heavy atom. The monoisotopic (exact) mass is 221 g/mol. The number of nitro groups is 1. The Labute approximate surface area is 79.0 Å². The van der Waals surface area contributed by atoms with Gasteiger partial charge in [0.05, 0.1) is 0 Å². The molecule has 0 spiro atoms. The molecule has 0 saturated heterocycles. The van der Waals surface area contributed by atoms with Crippen LogP contribution in [0.5, 0.6) is 5.75 Å². The average Bonchev–Trinajstić information content (AvgIpc) is 2.02. The zero-order valence-corrected chi connectivity index (χ0v) is 7.82. The molecule has 3 N–H and O–H groups in total. The van der Waals surface area contributed by atoms with Gasteiger partial charge in [-0.1, -0.05) is 0 Å². The molecule has 1 aromatic carbocycles. The van der Waals surface area contributed by atoms with Crippen molar-refractivity contribution in [1.29, 1.82) is 0 Å². The summed E-state index contributed by atoms with van der Waals surface area (Å²) in [5.41, 5.74) is -0.154. The SMILES string of the molecule is O=[N+]([O-])c1ccc(O[PH](O)(O)O)cc1. The van der Waals surface area contributed by atoms with E-state index in [2.05, 4.69) is 4.52 Å². The first-order valence-electron chi connectivity index (χ1n) is 3.49. The fourth-order valence-electron chi connectivity index (χ4n) is 0.794. The molecule has 0 aliphatic heterocycles. The molecule has 0 aliphatic carbocycles. The van der Waals surface area contributed by atoms with Gasteiger partial charge in [0.25, 0.3) is 0 Å². The Morgan fingerprint density at radius 2 is 1.71 bits per heavy atom. The second-order valence-electron chi connectivity index (χ2n) is 2.43. The first-order chi connectivity index (χ1) is 6.38. The van der Waals surface area contributed by atoms with E-state index < -0.39 is 13.1 Å². The van der Waals surface area contributed by atoms with Crippen molar-refractivity contribution in [1.82, 2.24) is 0 Å². The maximum atomic E-state index is 10.2. The molecule has 1 rings (SSSR count). The van der Waals surface area contributed by atoms with Crippen LogP contribution in [0.15, 0.2) is 24.3 Å². The maximum absolute atomic E-state index is 10.2. The molecule has 0 radical (unpaired) electrons. The standard InChI is InChI=1S/C6H8NO6P/c8-7(9)5-1-3-6(4-2-5)13-14(10,11)12/h1-4,10-12,14H. The zero-order chi connectivity index (χ0) is 10.8. The summed E-state index contributed by atoms with van der Waals surface area (Å²) >= 11 is 0. The Hall–Kier alpha value is -1.27. The van der Waals surface area contributed by atoms with E-state index in [1.165, 1.54) is 0 Å². The van der Waals surface area contributed by atoms with Gasteiger partial charge in [-0.3, -0.25) is 0 Å². The predicted octanol–water partition coefficient (Wildman–Crippen LogP) is 0.360. The molecule has 0 unspecified atom stereocenters. The Balaban J connectivity index is 2.79. The Morgan fingerprint density at radius 3 is 2.07 bits per heavy atom. The molecule has 0 saturated carbocycles. The first-order valence-corrected chi connectivity index (χ1v) is 5.24. The molecule has 14 heavy (non-hydrogen) atoms. The number of hydrogen-bond donors (Lipinski definition) is 3. The van der Waals surface area contributed by atoms with Gasteiger partial charge in [0.2, 0.25) is 0 Å². The fraction of sp³-hybridized carbons (Fsp3) is 0. The number of benzene rings is 1. The van der Waals surface area contributed by atoms with Gasteiger partial charge in [-0.05, 0) is 0 Å². The van der Waals surface area contributed by atoms with Crippen molar-refractivity contribution in [3.63, 3.8) is 0 Å². The van der Waals surface area contributed by atoms with Crippen LogP contribution in [0.25, 0.3) is 0 Å². The van der Waals surface area contributed by atoms with Gasteiger partial charge < -0.3 is 0 Å². The third-order valence-corrected chi connectivity index (χ3v) is 1.81. The summed E-state index contributed by atoms with van der Waals surface area (Å²) < 4.78 is 4.32. The molecule has 0 heterocycles. The summed E-state index contributed by atoms with van der Waals surface area (Å²) in [7, 11) is -4.61. The van der Waals surface area contributed by atoms with Crippen LogP contribution in [0.1, 0.15) is 0 Å². The van der Waals surface area contributed by atoms with Crippen LogP contribution in [-0.2, 0) is 0 Å². The van der Waals surface area contributed by atoms with Crippen molar-refractivity contribution >= 4 is 13.9 Å². The van der Waals surface area contributed by atoms with E-state index >= 15 is 0 Å². The van der Waals surface area contributed by atoms with Crippen molar-refractivity contribution < 1.29 is 24.1 Å². The van der Waals surface area contributed by atoms with Gasteiger partial charge >= 0.3 is 78.1 Å². The minimum atomic E-state index is -4.61. The van der Waals surface area contributed by atoms with E-state index in [4.69, 9.17) is 14.7 Å². The van der Waals surface area contributed by atoms with Crippen LogP contribution in [-0.4, -0.2) is 19.6 Å². The van der Waals surface area contributed by atoms with Gasteiger partial charge in [-0.2, -0.15) is 0 Å². The summed E-state index contributed by atoms with van der Waals surface area (Å²) in [5.74, 6) is -0.0465. The number of nitro benzene ring substituents is 1. The third-order valence-electron chi connectivity index (χ3n) is 1.30. The molecule has 78 valence electrons. The predicted molar refractivity (Wildman–Crippen MR) is 48.7 cm³/mol. The molecule has 8 heteroatoms. The van der Waals surface area contributed by atoms with Crippen molar-refractivity contribution in [2.45, 2.75) is 0 Å². The van der Waals surface area contributed by atoms with E-state index in [1.54, 1.807) is 0 Å². The summed E-state index contributed by atoms with van der Waals surface area (Å²) in [6, 6.07) is 4.55. The number of hydrogen-bond acceptors (Lipinski definition) is 6. The van der Waals surface area contributed by atoms with Crippen LogP contribution < -0.4 is 4.52 Å². The third kappa shape index (κ3) is 3.23. The summed E-state index contributed by atoms with van der Waals surface area (Å²) in [4.78, 5) is 35.2. The fourth-order valence-corrected chi connectivity index (χ4v) is 1.25. The molecular formula is C6H8NO6P. The molecule has 0 fully saturated rings. The van der Waals surface area contributed by atoms with E-state index in [1.807, 2.05) is 0 Å². The molecule has 0 aromatic heterocycles. The molecule has 7 nitrogen and oxygen atoms in total. The summed E-state index contributed by atoms with van der Waals surface area (Å²) in [5, 5.41) is 10.2. The van der Waals surface area contributed by atoms with Gasteiger partial charge in [-0.15, -0.1) is 0 Å². The Kier molecular flexibility index (Phi) is 2.97. The van der Waals surface area contributed by atoms with Crippen LogP contribution in [0.2, 0.25) is 0 Å². The van der Waals surface area contributed by atoms with Gasteiger partial charge in [0, 0.05) is 0 Å². The van der Waals surface area contributed by atoms with Gasteiger partial charge in [-0.25, -0.2) is 0 Å². The topological polar surface area (TPSA) is 113 Å². The van der Waals surface area contributed by atoms with Crippen LogP contribution in [0.3, 0.4) is 0 Å². The van der Waals surface area contributed by atoms with Crippen molar-refractivity contribution in [3.05, 3.63) is 34.4 Å². The van der Waals surface area contributed by atoms with Crippen LogP contribution >= 0.6 is 8.17 Å². The van der Waals surface area contributed by atoms with Crippen molar-refractivity contribution in [2.24, 2.45) is 0 Å². The molecule has 0 bridgehead atoms. The van der Waals surface area contributed by atoms with E-state index in [9.17, 15) is 10.1 Å². The average molecular weight is 221 g/mol. The molecule has 1 aromatic rings.